The molecular formula is C13H10BrN3O4. The zero-order chi connectivity index (χ0) is 15.2. The Bertz CT molecular complexity index is 664. The Morgan fingerprint density at radius 3 is 2.71 bits per heavy atom. The molecule has 2 rings (SSSR count). The van der Waals surface area contributed by atoms with Crippen LogP contribution in [0.15, 0.2) is 47.2 Å². The molecule has 1 N–H and O–H groups in total. The van der Waals surface area contributed by atoms with Gasteiger partial charge in [-0.25, -0.2) is 4.79 Å². The number of ether oxygens (including phenoxy) is 1. The molecule has 0 spiro atoms. The Balaban J connectivity index is 2.05. The van der Waals surface area contributed by atoms with Crippen molar-refractivity contribution in [2.24, 2.45) is 0 Å². The summed E-state index contributed by atoms with van der Waals surface area (Å²) < 4.78 is 5.31. The average molecular weight is 352 g/mol. The second kappa shape index (κ2) is 6.80. The average Bonchev–Trinajstić information content (AvgIpc) is 2.48. The number of hydrogen-bond acceptors (Lipinski definition) is 5. The predicted molar refractivity (Wildman–Crippen MR) is 78.8 cm³/mol. The number of aromatic nitrogens is 1. The first kappa shape index (κ1) is 14.9. The number of nitrogens with zero attached hydrogens (tertiary/aromatic N) is 2. The van der Waals surface area contributed by atoms with Crippen LogP contribution < -0.4 is 5.32 Å². The van der Waals surface area contributed by atoms with Crippen LogP contribution in [0.4, 0.5) is 16.2 Å². The lowest BCUT2D eigenvalue weighted by Crippen LogP contribution is -2.15. The van der Waals surface area contributed by atoms with Crippen molar-refractivity contribution >= 4 is 33.4 Å². The van der Waals surface area contributed by atoms with Gasteiger partial charge in [0.1, 0.15) is 18.5 Å². The monoisotopic (exact) mass is 351 g/mol. The standard InChI is InChI=1S/C13H10BrN3O4/c14-10-6-15-7-11(17(19)20)12(10)16-13(18)21-8-9-4-2-1-3-5-9/h1-7H,8H2,(H,15,16,18). The summed E-state index contributed by atoms with van der Waals surface area (Å²) in [7, 11) is 0. The van der Waals surface area contributed by atoms with Crippen molar-refractivity contribution in [1.29, 1.82) is 0 Å². The first-order chi connectivity index (χ1) is 10.1. The number of rotatable bonds is 4. The summed E-state index contributed by atoms with van der Waals surface area (Å²) in [6, 6.07) is 9.10. The number of hydrogen-bond donors (Lipinski definition) is 1. The van der Waals surface area contributed by atoms with Crippen molar-refractivity contribution in [3.05, 3.63) is 62.9 Å². The highest BCUT2D eigenvalue weighted by atomic mass is 79.9. The fraction of sp³-hybridized carbons (Fsp3) is 0.0769. The van der Waals surface area contributed by atoms with E-state index in [1.54, 1.807) is 12.1 Å². The third kappa shape index (κ3) is 3.99. The fourth-order valence-electron chi connectivity index (χ4n) is 1.55. The number of carbonyl (C=O) groups is 1. The van der Waals surface area contributed by atoms with Crippen LogP contribution in [0.5, 0.6) is 0 Å². The van der Waals surface area contributed by atoms with Gasteiger partial charge in [-0.2, -0.15) is 0 Å². The topological polar surface area (TPSA) is 94.4 Å². The maximum Gasteiger partial charge on any atom is 0.412 e. The minimum Gasteiger partial charge on any atom is -0.444 e. The number of anilines is 1. The first-order valence-corrected chi connectivity index (χ1v) is 6.63. The molecule has 0 unspecified atom stereocenters. The molecule has 108 valence electrons. The lowest BCUT2D eigenvalue weighted by molar-refractivity contribution is -0.384. The summed E-state index contributed by atoms with van der Waals surface area (Å²) in [5, 5.41) is 13.2. The van der Waals surface area contributed by atoms with Crippen LogP contribution in [0, 0.1) is 10.1 Å². The number of benzene rings is 1. The van der Waals surface area contributed by atoms with Crippen LogP contribution in [0.1, 0.15) is 5.56 Å². The highest BCUT2D eigenvalue weighted by Crippen LogP contribution is 2.31. The lowest BCUT2D eigenvalue weighted by Gasteiger charge is -2.08. The maximum atomic E-state index is 11.7. The molecule has 0 aliphatic heterocycles. The molecule has 0 saturated heterocycles. The molecular weight excluding hydrogens is 342 g/mol. The van der Waals surface area contributed by atoms with Crippen LogP contribution in [-0.4, -0.2) is 16.0 Å². The summed E-state index contributed by atoms with van der Waals surface area (Å²) in [5.74, 6) is 0. The largest absolute Gasteiger partial charge is 0.444 e. The van der Waals surface area contributed by atoms with E-state index in [1.807, 2.05) is 18.2 Å². The van der Waals surface area contributed by atoms with Crippen LogP contribution >= 0.6 is 15.9 Å². The number of pyridine rings is 1. The molecule has 0 aliphatic rings. The Morgan fingerprint density at radius 2 is 2.05 bits per heavy atom. The SMILES string of the molecule is O=C(Nc1c(Br)cncc1[N+](=O)[O-])OCc1ccccc1. The van der Waals surface area contributed by atoms with Crippen LogP contribution in [0.25, 0.3) is 0 Å². The Morgan fingerprint density at radius 1 is 1.33 bits per heavy atom. The van der Waals surface area contributed by atoms with Gasteiger partial charge in [-0.15, -0.1) is 0 Å². The van der Waals surface area contributed by atoms with Gasteiger partial charge in [-0.05, 0) is 21.5 Å². The van der Waals surface area contributed by atoms with Gasteiger partial charge in [0, 0.05) is 6.20 Å². The van der Waals surface area contributed by atoms with Crippen molar-refractivity contribution in [3.8, 4) is 0 Å². The molecule has 1 amide bonds. The first-order valence-electron chi connectivity index (χ1n) is 5.83. The molecule has 0 bridgehead atoms. The molecule has 0 saturated carbocycles. The number of carbonyl (C=O) groups excluding carboxylic acids is 1. The van der Waals surface area contributed by atoms with Crippen LogP contribution in [0.3, 0.4) is 0 Å². The summed E-state index contributed by atoms with van der Waals surface area (Å²) in [6.45, 7) is 0.0726. The summed E-state index contributed by atoms with van der Waals surface area (Å²) in [5.41, 5.74) is 0.505. The Kier molecular flexibility index (Phi) is 4.83. The molecule has 1 heterocycles. The minimum atomic E-state index is -0.783. The Hall–Kier alpha value is -2.48. The number of halogens is 1. The van der Waals surface area contributed by atoms with Crippen molar-refractivity contribution in [3.63, 3.8) is 0 Å². The van der Waals surface area contributed by atoms with E-state index in [4.69, 9.17) is 4.74 Å². The normalized spacial score (nSPS) is 9.95. The summed E-state index contributed by atoms with van der Waals surface area (Å²) in [4.78, 5) is 25.7. The molecule has 2 aromatic rings. The fourth-order valence-corrected chi connectivity index (χ4v) is 1.97. The zero-order valence-electron chi connectivity index (χ0n) is 10.7. The second-order valence-electron chi connectivity index (χ2n) is 3.96. The van der Waals surface area contributed by atoms with E-state index in [0.717, 1.165) is 11.8 Å². The van der Waals surface area contributed by atoms with Crippen LogP contribution in [-0.2, 0) is 11.3 Å². The predicted octanol–water partition coefficient (Wildman–Crippen LogP) is 3.50. The molecule has 0 radical (unpaired) electrons. The lowest BCUT2D eigenvalue weighted by atomic mass is 10.2. The molecule has 7 nitrogen and oxygen atoms in total. The van der Waals surface area contributed by atoms with E-state index in [2.05, 4.69) is 26.2 Å². The zero-order valence-corrected chi connectivity index (χ0v) is 12.2. The highest BCUT2D eigenvalue weighted by molar-refractivity contribution is 9.10. The highest BCUT2D eigenvalue weighted by Gasteiger charge is 2.20. The third-order valence-corrected chi connectivity index (χ3v) is 3.12. The minimum absolute atomic E-state index is 0.00746. The van der Waals surface area contributed by atoms with Crippen molar-refractivity contribution in [1.82, 2.24) is 4.98 Å². The van der Waals surface area contributed by atoms with Crippen molar-refractivity contribution in [2.45, 2.75) is 6.61 Å². The molecule has 21 heavy (non-hydrogen) atoms. The quantitative estimate of drug-likeness (QED) is 0.671. The molecule has 0 aliphatic carbocycles. The molecule has 1 aromatic heterocycles. The summed E-state index contributed by atoms with van der Waals surface area (Å²) >= 11 is 3.10. The Labute approximate surface area is 128 Å². The summed E-state index contributed by atoms with van der Waals surface area (Å²) in [6.07, 6.45) is 1.62. The van der Waals surface area contributed by atoms with Gasteiger partial charge in [0.25, 0.3) is 0 Å². The molecule has 1 aromatic carbocycles. The van der Waals surface area contributed by atoms with Gasteiger partial charge in [-0.3, -0.25) is 20.4 Å². The van der Waals surface area contributed by atoms with E-state index >= 15 is 0 Å². The van der Waals surface area contributed by atoms with Crippen molar-refractivity contribution in [2.75, 3.05) is 5.32 Å². The maximum absolute atomic E-state index is 11.7. The number of nitro groups is 1. The third-order valence-electron chi connectivity index (χ3n) is 2.52. The van der Waals surface area contributed by atoms with Gasteiger partial charge in [0.2, 0.25) is 0 Å². The van der Waals surface area contributed by atoms with E-state index in [9.17, 15) is 14.9 Å². The molecule has 0 fully saturated rings. The van der Waals surface area contributed by atoms with Crippen LogP contribution in [0.2, 0.25) is 0 Å². The van der Waals surface area contributed by atoms with Gasteiger partial charge >= 0.3 is 11.8 Å². The van der Waals surface area contributed by atoms with E-state index < -0.39 is 11.0 Å². The smallest absolute Gasteiger partial charge is 0.412 e. The van der Waals surface area contributed by atoms with Gasteiger partial charge in [0.05, 0.1) is 9.40 Å². The van der Waals surface area contributed by atoms with E-state index in [0.29, 0.717) is 4.47 Å². The second-order valence-corrected chi connectivity index (χ2v) is 4.81. The molecule has 0 atom stereocenters. The van der Waals surface area contributed by atoms with Gasteiger partial charge in [-0.1, -0.05) is 30.3 Å². The van der Waals surface area contributed by atoms with Gasteiger partial charge in [0.15, 0.2) is 0 Å². The van der Waals surface area contributed by atoms with E-state index in [-0.39, 0.29) is 18.0 Å². The van der Waals surface area contributed by atoms with E-state index in [1.165, 1.54) is 6.20 Å². The number of nitrogens with one attached hydrogen (secondary N) is 1. The molecule has 8 heteroatoms. The van der Waals surface area contributed by atoms with Gasteiger partial charge < -0.3 is 4.74 Å². The number of amides is 1. The van der Waals surface area contributed by atoms with Crippen molar-refractivity contribution < 1.29 is 14.5 Å².